The summed E-state index contributed by atoms with van der Waals surface area (Å²) < 4.78 is 0. The first kappa shape index (κ1) is 11.9. The molecule has 1 unspecified atom stereocenters. The molecule has 0 aliphatic carbocycles. The van der Waals surface area contributed by atoms with Crippen molar-refractivity contribution in [2.45, 2.75) is 32.2 Å². The van der Waals surface area contributed by atoms with Crippen LogP contribution >= 0.6 is 0 Å². The van der Waals surface area contributed by atoms with Crippen molar-refractivity contribution in [1.29, 1.82) is 0 Å². The van der Waals surface area contributed by atoms with E-state index in [0.29, 0.717) is 6.42 Å². The van der Waals surface area contributed by atoms with E-state index >= 15 is 0 Å². The zero-order valence-corrected chi connectivity index (χ0v) is 7.75. The molecule has 5 nitrogen and oxygen atoms in total. The molecule has 13 heavy (non-hydrogen) atoms. The highest BCUT2D eigenvalue weighted by Gasteiger charge is 2.08. The minimum Gasteiger partial charge on any atom is -0.396 e. The summed E-state index contributed by atoms with van der Waals surface area (Å²) in [4.78, 5) is 21.5. The van der Waals surface area contributed by atoms with Gasteiger partial charge in [-0.05, 0) is 13.3 Å². The van der Waals surface area contributed by atoms with Crippen molar-refractivity contribution in [1.82, 2.24) is 5.32 Å². The Morgan fingerprint density at radius 3 is 2.62 bits per heavy atom. The molecule has 0 aliphatic heterocycles. The molecule has 0 rings (SSSR count). The highest BCUT2D eigenvalue weighted by molar-refractivity contribution is 5.78. The Hall–Kier alpha value is -1.10. The van der Waals surface area contributed by atoms with Crippen LogP contribution in [0.5, 0.6) is 0 Å². The summed E-state index contributed by atoms with van der Waals surface area (Å²) in [5.41, 5.74) is 4.94. The molecule has 0 bridgehead atoms. The van der Waals surface area contributed by atoms with Crippen LogP contribution in [0.1, 0.15) is 26.2 Å². The van der Waals surface area contributed by atoms with E-state index in [0.717, 1.165) is 0 Å². The summed E-state index contributed by atoms with van der Waals surface area (Å²) in [6.07, 6.45) is 0.861. The van der Waals surface area contributed by atoms with Crippen molar-refractivity contribution in [3.05, 3.63) is 0 Å². The number of nitrogens with one attached hydrogen (secondary N) is 1. The monoisotopic (exact) mass is 188 g/mol. The number of nitrogens with two attached hydrogens (primary N) is 1. The van der Waals surface area contributed by atoms with Gasteiger partial charge in [-0.15, -0.1) is 0 Å². The third kappa shape index (κ3) is 7.27. The molecule has 0 saturated heterocycles. The summed E-state index contributed by atoms with van der Waals surface area (Å²) in [5, 5.41) is 11.0. The van der Waals surface area contributed by atoms with Crippen molar-refractivity contribution < 1.29 is 14.7 Å². The number of aliphatic hydroxyl groups is 1. The summed E-state index contributed by atoms with van der Waals surface area (Å²) in [5.74, 6) is -0.599. The molecule has 0 aromatic heterocycles. The van der Waals surface area contributed by atoms with Gasteiger partial charge >= 0.3 is 0 Å². The smallest absolute Gasteiger partial charge is 0.220 e. The zero-order chi connectivity index (χ0) is 10.3. The highest BCUT2D eigenvalue weighted by Crippen LogP contribution is 1.92. The molecule has 0 aromatic carbocycles. The van der Waals surface area contributed by atoms with E-state index in [4.69, 9.17) is 10.8 Å². The van der Waals surface area contributed by atoms with E-state index in [-0.39, 0.29) is 31.4 Å². The average molecular weight is 188 g/mol. The van der Waals surface area contributed by atoms with Gasteiger partial charge in [0, 0.05) is 25.5 Å². The number of rotatable bonds is 6. The fourth-order valence-electron chi connectivity index (χ4n) is 0.939. The van der Waals surface area contributed by atoms with E-state index in [2.05, 4.69) is 5.32 Å². The molecule has 0 radical (unpaired) electrons. The Morgan fingerprint density at radius 1 is 1.54 bits per heavy atom. The second-order valence-electron chi connectivity index (χ2n) is 2.97. The predicted octanol–water partition coefficient (Wildman–Crippen LogP) is -0.861. The lowest BCUT2D eigenvalue weighted by Crippen LogP contribution is -2.35. The van der Waals surface area contributed by atoms with Crippen LogP contribution in [0.25, 0.3) is 0 Å². The van der Waals surface area contributed by atoms with Gasteiger partial charge in [-0.1, -0.05) is 0 Å². The van der Waals surface area contributed by atoms with E-state index in [9.17, 15) is 9.59 Å². The molecule has 0 fully saturated rings. The standard InChI is InChI=1S/C8H16N2O3/c1-6(5-7(9)12)10-8(13)3-2-4-11/h6,11H,2-5H2,1H3,(H2,9,12)(H,10,13). The molecule has 0 saturated carbocycles. The maximum absolute atomic E-state index is 11.0. The van der Waals surface area contributed by atoms with Gasteiger partial charge in [-0.3, -0.25) is 9.59 Å². The van der Waals surface area contributed by atoms with Crippen molar-refractivity contribution in [3.8, 4) is 0 Å². The second-order valence-corrected chi connectivity index (χ2v) is 2.97. The lowest BCUT2D eigenvalue weighted by molar-refractivity contribution is -0.122. The van der Waals surface area contributed by atoms with Gasteiger partial charge in [0.2, 0.25) is 11.8 Å². The number of carbonyl (C=O) groups is 2. The first-order valence-corrected chi connectivity index (χ1v) is 4.24. The third-order valence-electron chi connectivity index (χ3n) is 1.48. The summed E-state index contributed by atoms with van der Waals surface area (Å²) >= 11 is 0. The Morgan fingerprint density at radius 2 is 2.15 bits per heavy atom. The van der Waals surface area contributed by atoms with E-state index in [1.165, 1.54) is 0 Å². The van der Waals surface area contributed by atoms with Crippen molar-refractivity contribution in [2.75, 3.05) is 6.61 Å². The molecule has 2 amide bonds. The van der Waals surface area contributed by atoms with Gasteiger partial charge in [0.15, 0.2) is 0 Å². The quantitative estimate of drug-likeness (QED) is 0.506. The first-order chi connectivity index (χ1) is 6.06. The number of amides is 2. The lowest BCUT2D eigenvalue weighted by atomic mass is 10.2. The van der Waals surface area contributed by atoms with Crippen LogP contribution in [-0.4, -0.2) is 29.6 Å². The average Bonchev–Trinajstić information content (AvgIpc) is 1.98. The van der Waals surface area contributed by atoms with Gasteiger partial charge in [0.1, 0.15) is 0 Å². The van der Waals surface area contributed by atoms with Gasteiger partial charge < -0.3 is 16.2 Å². The van der Waals surface area contributed by atoms with Crippen LogP contribution in [0.4, 0.5) is 0 Å². The number of hydrogen-bond donors (Lipinski definition) is 3. The normalized spacial score (nSPS) is 12.2. The zero-order valence-electron chi connectivity index (χ0n) is 7.75. The fourth-order valence-corrected chi connectivity index (χ4v) is 0.939. The summed E-state index contributed by atoms with van der Waals surface area (Å²) in [6.45, 7) is 1.71. The topological polar surface area (TPSA) is 92.4 Å². The van der Waals surface area contributed by atoms with Crippen molar-refractivity contribution >= 4 is 11.8 Å². The van der Waals surface area contributed by atoms with Gasteiger partial charge in [0.05, 0.1) is 0 Å². The van der Waals surface area contributed by atoms with Crippen molar-refractivity contribution in [3.63, 3.8) is 0 Å². The molecule has 0 aromatic rings. The van der Waals surface area contributed by atoms with Crippen LogP contribution in [0, 0.1) is 0 Å². The van der Waals surface area contributed by atoms with E-state index < -0.39 is 5.91 Å². The number of aliphatic hydroxyl groups excluding tert-OH is 1. The third-order valence-corrected chi connectivity index (χ3v) is 1.48. The maximum Gasteiger partial charge on any atom is 0.220 e. The van der Waals surface area contributed by atoms with Crippen LogP contribution < -0.4 is 11.1 Å². The molecule has 0 heterocycles. The lowest BCUT2D eigenvalue weighted by Gasteiger charge is -2.11. The van der Waals surface area contributed by atoms with Crippen LogP contribution in [0.15, 0.2) is 0 Å². The summed E-state index contributed by atoms with van der Waals surface area (Å²) in [7, 11) is 0. The number of primary amides is 1. The molecule has 0 spiro atoms. The Balaban J connectivity index is 3.59. The van der Waals surface area contributed by atoms with E-state index in [1.54, 1.807) is 6.92 Å². The molecule has 1 atom stereocenters. The highest BCUT2D eigenvalue weighted by atomic mass is 16.3. The van der Waals surface area contributed by atoms with Gasteiger partial charge in [-0.2, -0.15) is 0 Å². The predicted molar refractivity (Wildman–Crippen MR) is 47.7 cm³/mol. The van der Waals surface area contributed by atoms with Gasteiger partial charge in [-0.25, -0.2) is 0 Å². The largest absolute Gasteiger partial charge is 0.396 e. The molecule has 5 heteroatoms. The summed E-state index contributed by atoms with van der Waals surface area (Å²) in [6, 6.07) is -0.233. The van der Waals surface area contributed by atoms with Gasteiger partial charge in [0.25, 0.3) is 0 Å². The minimum absolute atomic E-state index is 0.00236. The molecule has 4 N–H and O–H groups in total. The molecular weight excluding hydrogens is 172 g/mol. The van der Waals surface area contributed by atoms with Crippen LogP contribution in [0.3, 0.4) is 0 Å². The second kappa shape index (κ2) is 6.42. The first-order valence-electron chi connectivity index (χ1n) is 4.24. The molecule has 76 valence electrons. The van der Waals surface area contributed by atoms with Crippen molar-refractivity contribution in [2.24, 2.45) is 5.73 Å². The van der Waals surface area contributed by atoms with E-state index in [1.807, 2.05) is 0 Å². The SMILES string of the molecule is CC(CC(N)=O)NC(=O)CCCO. The Kier molecular flexibility index (Phi) is 5.88. The maximum atomic E-state index is 11.0. The number of carbonyl (C=O) groups excluding carboxylic acids is 2. The Bertz CT molecular complexity index is 182. The molecule has 0 aliphatic rings. The minimum atomic E-state index is -0.435. The molecular formula is C8H16N2O3. The fraction of sp³-hybridized carbons (Fsp3) is 0.750. The number of hydrogen-bond acceptors (Lipinski definition) is 3. The van der Waals surface area contributed by atoms with Crippen LogP contribution in [-0.2, 0) is 9.59 Å². The Labute approximate surface area is 77.3 Å². The van der Waals surface area contributed by atoms with Crippen LogP contribution in [0.2, 0.25) is 0 Å².